The second kappa shape index (κ2) is 5.04. The van der Waals surface area contributed by atoms with Crippen molar-refractivity contribution in [3.05, 3.63) is 48.4 Å². The van der Waals surface area contributed by atoms with Crippen LogP contribution in [0.4, 0.5) is 5.69 Å². The van der Waals surface area contributed by atoms with E-state index in [0.717, 1.165) is 0 Å². The van der Waals surface area contributed by atoms with Gasteiger partial charge in [0, 0.05) is 6.54 Å². The van der Waals surface area contributed by atoms with Gasteiger partial charge in [0.25, 0.3) is 0 Å². The molecule has 1 unspecified atom stereocenters. The van der Waals surface area contributed by atoms with Crippen molar-refractivity contribution in [3.63, 3.8) is 0 Å². The standard InChI is InChI=1S/C15H15NO4S/c1-2-16-11-6-3-4-8-13(11)21(18,19)14(10-15(16)17)12-7-5-9-20-12/h3-9,14H,2,10H2,1H3. The minimum atomic E-state index is -3.67. The van der Waals surface area contributed by atoms with Crippen LogP contribution in [0.25, 0.3) is 0 Å². The third kappa shape index (κ3) is 2.15. The molecule has 0 aliphatic carbocycles. The molecule has 0 bridgehead atoms. The first kappa shape index (κ1) is 13.9. The lowest BCUT2D eigenvalue weighted by Crippen LogP contribution is -2.30. The van der Waals surface area contributed by atoms with E-state index >= 15 is 0 Å². The molecule has 3 rings (SSSR count). The van der Waals surface area contributed by atoms with Crippen LogP contribution < -0.4 is 4.90 Å². The van der Waals surface area contributed by atoms with Gasteiger partial charge in [-0.25, -0.2) is 8.42 Å². The average molecular weight is 305 g/mol. The Morgan fingerprint density at radius 3 is 2.67 bits per heavy atom. The largest absolute Gasteiger partial charge is 0.468 e. The molecule has 1 aliphatic rings. The van der Waals surface area contributed by atoms with Gasteiger partial charge in [0.15, 0.2) is 9.84 Å². The minimum Gasteiger partial charge on any atom is -0.468 e. The van der Waals surface area contributed by atoms with Crippen LogP contribution in [-0.4, -0.2) is 20.9 Å². The van der Waals surface area contributed by atoms with Crippen LogP contribution in [0.1, 0.15) is 24.4 Å². The highest BCUT2D eigenvalue weighted by Crippen LogP contribution is 2.40. The molecule has 0 spiro atoms. The highest BCUT2D eigenvalue weighted by atomic mass is 32.2. The molecule has 1 aromatic carbocycles. The molecule has 0 saturated heterocycles. The Balaban J connectivity index is 2.24. The molecule has 0 N–H and O–H groups in total. The Labute approximate surface area is 123 Å². The highest BCUT2D eigenvalue weighted by Gasteiger charge is 2.40. The molecule has 1 amide bonds. The van der Waals surface area contributed by atoms with Gasteiger partial charge >= 0.3 is 0 Å². The zero-order chi connectivity index (χ0) is 15.0. The Kier molecular flexibility index (Phi) is 3.33. The summed E-state index contributed by atoms with van der Waals surface area (Å²) in [6.45, 7) is 2.25. The maximum Gasteiger partial charge on any atom is 0.228 e. The van der Waals surface area contributed by atoms with Gasteiger partial charge in [-0.3, -0.25) is 4.79 Å². The molecule has 1 aromatic heterocycles. The number of para-hydroxylation sites is 1. The summed E-state index contributed by atoms with van der Waals surface area (Å²) in [5.74, 6) is 0.0866. The molecule has 110 valence electrons. The van der Waals surface area contributed by atoms with Crippen LogP contribution in [0, 0.1) is 0 Å². The lowest BCUT2D eigenvalue weighted by atomic mass is 10.2. The van der Waals surface area contributed by atoms with E-state index in [9.17, 15) is 13.2 Å². The maximum absolute atomic E-state index is 12.9. The predicted octanol–water partition coefficient (Wildman–Crippen LogP) is 2.55. The fourth-order valence-electron chi connectivity index (χ4n) is 2.66. The van der Waals surface area contributed by atoms with E-state index < -0.39 is 15.1 Å². The van der Waals surface area contributed by atoms with Crippen LogP contribution in [0.3, 0.4) is 0 Å². The van der Waals surface area contributed by atoms with Crippen molar-refractivity contribution in [3.8, 4) is 0 Å². The number of anilines is 1. The number of amides is 1. The van der Waals surface area contributed by atoms with Crippen molar-refractivity contribution in [2.45, 2.75) is 23.5 Å². The lowest BCUT2D eigenvalue weighted by molar-refractivity contribution is -0.118. The Morgan fingerprint density at radius 2 is 2.00 bits per heavy atom. The summed E-state index contributed by atoms with van der Waals surface area (Å²) >= 11 is 0. The summed E-state index contributed by atoms with van der Waals surface area (Å²) in [5, 5.41) is -0.974. The Bertz CT molecular complexity index is 765. The summed E-state index contributed by atoms with van der Waals surface area (Å²) in [6.07, 6.45) is 1.31. The van der Waals surface area contributed by atoms with Crippen LogP contribution in [0.15, 0.2) is 52.0 Å². The van der Waals surface area contributed by atoms with Gasteiger partial charge in [-0.15, -0.1) is 0 Å². The third-order valence-electron chi connectivity index (χ3n) is 3.67. The van der Waals surface area contributed by atoms with E-state index in [4.69, 9.17) is 4.42 Å². The molecule has 2 heterocycles. The maximum atomic E-state index is 12.9. The normalized spacial score (nSPS) is 20.9. The molecule has 0 radical (unpaired) electrons. The van der Waals surface area contributed by atoms with E-state index in [1.165, 1.54) is 11.2 Å². The number of sulfone groups is 1. The van der Waals surface area contributed by atoms with E-state index in [1.807, 2.05) is 6.92 Å². The molecule has 0 fully saturated rings. The first-order valence-electron chi connectivity index (χ1n) is 6.72. The van der Waals surface area contributed by atoms with Gasteiger partial charge in [-0.2, -0.15) is 0 Å². The molecule has 5 nitrogen and oxygen atoms in total. The molecule has 21 heavy (non-hydrogen) atoms. The van der Waals surface area contributed by atoms with Crippen LogP contribution in [0.2, 0.25) is 0 Å². The Hall–Kier alpha value is -2.08. The van der Waals surface area contributed by atoms with Gasteiger partial charge < -0.3 is 9.32 Å². The van der Waals surface area contributed by atoms with Gasteiger partial charge in [0.05, 0.1) is 23.3 Å². The molecule has 2 aromatic rings. The molecular weight excluding hydrogens is 290 g/mol. The SMILES string of the molecule is CCN1C(=O)CC(c2ccco2)S(=O)(=O)c2ccccc21. The van der Waals surface area contributed by atoms with E-state index in [1.54, 1.807) is 36.4 Å². The number of benzene rings is 1. The molecular formula is C15H15NO4S. The first-order chi connectivity index (χ1) is 10.1. The number of carbonyl (C=O) groups is 1. The number of rotatable bonds is 2. The number of nitrogens with zero attached hydrogens (tertiary/aromatic N) is 1. The zero-order valence-corrected chi connectivity index (χ0v) is 12.3. The lowest BCUT2D eigenvalue weighted by Gasteiger charge is -2.19. The third-order valence-corrected chi connectivity index (χ3v) is 5.78. The molecule has 6 heteroatoms. The summed E-state index contributed by atoms with van der Waals surface area (Å²) in [6, 6.07) is 9.83. The second-order valence-electron chi connectivity index (χ2n) is 4.86. The van der Waals surface area contributed by atoms with E-state index in [2.05, 4.69) is 0 Å². The van der Waals surface area contributed by atoms with E-state index in [0.29, 0.717) is 18.0 Å². The predicted molar refractivity (Wildman–Crippen MR) is 77.7 cm³/mol. The quantitative estimate of drug-likeness (QED) is 0.855. The summed E-state index contributed by atoms with van der Waals surface area (Å²) in [4.78, 5) is 14.1. The second-order valence-corrected chi connectivity index (χ2v) is 6.96. The van der Waals surface area contributed by atoms with E-state index in [-0.39, 0.29) is 17.2 Å². The topological polar surface area (TPSA) is 67.6 Å². The van der Waals surface area contributed by atoms with Gasteiger partial charge in [-0.05, 0) is 31.2 Å². The molecule has 1 aliphatic heterocycles. The fraction of sp³-hybridized carbons (Fsp3) is 0.267. The zero-order valence-electron chi connectivity index (χ0n) is 11.5. The first-order valence-corrected chi connectivity index (χ1v) is 8.27. The van der Waals surface area contributed by atoms with Crippen molar-refractivity contribution in [1.29, 1.82) is 0 Å². The number of fused-ring (bicyclic) bond motifs is 1. The Morgan fingerprint density at radius 1 is 1.24 bits per heavy atom. The van der Waals surface area contributed by atoms with Gasteiger partial charge in [0.2, 0.25) is 5.91 Å². The average Bonchev–Trinajstić information content (AvgIpc) is 2.97. The molecule has 0 saturated carbocycles. The van der Waals surface area contributed by atoms with Crippen LogP contribution in [0.5, 0.6) is 0 Å². The minimum absolute atomic E-state index is 0.113. The smallest absolute Gasteiger partial charge is 0.228 e. The molecule has 1 atom stereocenters. The summed E-state index contributed by atoms with van der Waals surface area (Å²) < 4.78 is 31.0. The van der Waals surface area contributed by atoms with Crippen molar-refractivity contribution < 1.29 is 17.6 Å². The number of carbonyl (C=O) groups excluding carboxylic acids is 1. The van der Waals surface area contributed by atoms with Crippen LogP contribution in [-0.2, 0) is 14.6 Å². The van der Waals surface area contributed by atoms with Crippen molar-refractivity contribution in [2.75, 3.05) is 11.4 Å². The summed E-state index contributed by atoms with van der Waals surface area (Å²) in [7, 11) is -3.67. The van der Waals surface area contributed by atoms with Crippen molar-refractivity contribution >= 4 is 21.4 Å². The van der Waals surface area contributed by atoms with Crippen molar-refractivity contribution in [1.82, 2.24) is 0 Å². The number of hydrogen-bond acceptors (Lipinski definition) is 4. The van der Waals surface area contributed by atoms with Crippen molar-refractivity contribution in [2.24, 2.45) is 0 Å². The monoisotopic (exact) mass is 305 g/mol. The summed E-state index contributed by atoms with van der Waals surface area (Å²) in [5.41, 5.74) is 0.444. The fourth-order valence-corrected chi connectivity index (χ4v) is 4.51. The highest BCUT2D eigenvalue weighted by molar-refractivity contribution is 7.91. The van der Waals surface area contributed by atoms with Gasteiger partial charge in [0.1, 0.15) is 11.0 Å². The van der Waals surface area contributed by atoms with Gasteiger partial charge in [-0.1, -0.05) is 12.1 Å². The number of hydrogen-bond donors (Lipinski definition) is 0. The van der Waals surface area contributed by atoms with Crippen LogP contribution >= 0.6 is 0 Å². The number of furan rings is 1.